The second-order valence-electron chi connectivity index (χ2n) is 8.84. The molecule has 3 aromatic carbocycles. The molecule has 0 saturated carbocycles. The quantitative estimate of drug-likeness (QED) is 0.263. The first-order valence-electron chi connectivity index (χ1n) is 11.9. The van der Waals surface area contributed by atoms with Crippen molar-refractivity contribution >= 4 is 34.2 Å². The van der Waals surface area contributed by atoms with Gasteiger partial charge in [0.2, 0.25) is 5.76 Å². The molecule has 1 aliphatic heterocycles. The lowest BCUT2D eigenvalue weighted by atomic mass is 9.97. The lowest BCUT2D eigenvalue weighted by molar-refractivity contribution is 0.0971. The predicted octanol–water partition coefficient (Wildman–Crippen LogP) is 6.69. The molecule has 0 spiro atoms. The third-order valence-electron chi connectivity index (χ3n) is 6.38. The Morgan fingerprint density at radius 1 is 1.06 bits per heavy atom. The van der Waals surface area contributed by atoms with E-state index in [2.05, 4.69) is 6.92 Å². The molecule has 0 aliphatic carbocycles. The Kier molecular flexibility index (Phi) is 6.46. The zero-order valence-corrected chi connectivity index (χ0v) is 21.1. The Labute approximate surface area is 214 Å². The van der Waals surface area contributed by atoms with Gasteiger partial charge in [0, 0.05) is 5.69 Å². The molecule has 1 aromatic heterocycles. The topological polar surface area (TPSA) is 69.0 Å². The lowest BCUT2D eigenvalue weighted by Crippen LogP contribution is -2.29. The highest BCUT2D eigenvalue weighted by molar-refractivity contribution is 6.32. The van der Waals surface area contributed by atoms with Crippen LogP contribution >= 0.6 is 11.6 Å². The van der Waals surface area contributed by atoms with Crippen molar-refractivity contribution in [2.24, 2.45) is 0 Å². The van der Waals surface area contributed by atoms with E-state index in [1.54, 1.807) is 35.2 Å². The SMILES string of the molecule is CCCCOc1cccc(C2c3c(oc4ccc(C)cc4c3=O)C(=O)N2c2ccc(OC)c(Cl)c2)c1. The molecule has 36 heavy (non-hydrogen) atoms. The maximum Gasteiger partial charge on any atom is 0.295 e. The zero-order valence-electron chi connectivity index (χ0n) is 20.3. The van der Waals surface area contributed by atoms with Crippen molar-refractivity contribution in [1.82, 2.24) is 0 Å². The number of carbonyl (C=O) groups is 1. The number of carbonyl (C=O) groups excluding carboxylic acids is 1. The summed E-state index contributed by atoms with van der Waals surface area (Å²) in [6, 6.07) is 17.3. The van der Waals surface area contributed by atoms with Crippen molar-refractivity contribution in [2.75, 3.05) is 18.6 Å². The summed E-state index contributed by atoms with van der Waals surface area (Å²) in [4.78, 5) is 29.2. The van der Waals surface area contributed by atoms with Gasteiger partial charge >= 0.3 is 0 Å². The number of methoxy groups -OCH3 is 1. The first-order valence-corrected chi connectivity index (χ1v) is 12.3. The minimum Gasteiger partial charge on any atom is -0.495 e. The Balaban J connectivity index is 1.72. The predicted molar refractivity (Wildman–Crippen MR) is 141 cm³/mol. The van der Waals surface area contributed by atoms with E-state index < -0.39 is 11.9 Å². The van der Waals surface area contributed by atoms with Crippen molar-refractivity contribution in [3.05, 3.63) is 98.4 Å². The average Bonchev–Trinajstić information content (AvgIpc) is 3.17. The highest BCUT2D eigenvalue weighted by Gasteiger charge is 2.44. The number of aryl methyl sites for hydroxylation is 1. The maximum atomic E-state index is 13.8. The fraction of sp³-hybridized carbons (Fsp3) is 0.241. The van der Waals surface area contributed by atoms with Gasteiger partial charge in [0.05, 0.1) is 35.7 Å². The van der Waals surface area contributed by atoms with Crippen molar-refractivity contribution < 1.29 is 18.7 Å². The molecule has 0 saturated heterocycles. The number of anilines is 1. The summed E-state index contributed by atoms with van der Waals surface area (Å²) in [5.74, 6) is 0.789. The largest absolute Gasteiger partial charge is 0.495 e. The Morgan fingerprint density at radius 2 is 1.89 bits per heavy atom. The zero-order chi connectivity index (χ0) is 25.4. The molecule has 1 unspecified atom stereocenters. The van der Waals surface area contributed by atoms with Gasteiger partial charge in [-0.25, -0.2) is 0 Å². The summed E-state index contributed by atoms with van der Waals surface area (Å²) in [7, 11) is 1.53. The van der Waals surface area contributed by atoms with E-state index in [-0.39, 0.29) is 11.2 Å². The van der Waals surface area contributed by atoms with Crippen LogP contribution in [-0.2, 0) is 0 Å². The molecule has 184 valence electrons. The number of ether oxygens (including phenoxy) is 2. The van der Waals surface area contributed by atoms with Crippen LogP contribution in [0.1, 0.15) is 53.1 Å². The van der Waals surface area contributed by atoms with Gasteiger partial charge in [-0.15, -0.1) is 0 Å². The van der Waals surface area contributed by atoms with Gasteiger partial charge in [-0.1, -0.05) is 48.7 Å². The van der Waals surface area contributed by atoms with Crippen LogP contribution in [0, 0.1) is 6.92 Å². The molecule has 6 nitrogen and oxygen atoms in total. The standard InChI is InChI=1S/C29H26ClNO5/c1-4-5-13-35-20-8-6-7-18(15-20)26-25-27(32)21-14-17(2)9-11-23(21)36-28(25)29(33)31(26)19-10-12-24(34-3)22(30)16-19/h6-12,14-16,26H,4-5,13H2,1-3H3. The van der Waals surface area contributed by atoms with Crippen molar-refractivity contribution in [3.8, 4) is 11.5 Å². The molecule has 4 aromatic rings. The van der Waals surface area contributed by atoms with Crippen LogP contribution in [0.15, 0.2) is 69.9 Å². The lowest BCUT2D eigenvalue weighted by Gasteiger charge is -2.26. The number of hydrogen-bond donors (Lipinski definition) is 0. The summed E-state index contributed by atoms with van der Waals surface area (Å²) < 4.78 is 17.3. The van der Waals surface area contributed by atoms with Crippen molar-refractivity contribution in [1.29, 1.82) is 0 Å². The van der Waals surface area contributed by atoms with E-state index in [0.717, 1.165) is 24.0 Å². The first kappa shape index (κ1) is 23.9. The Hall–Kier alpha value is -3.77. The number of halogens is 1. The monoisotopic (exact) mass is 503 g/mol. The van der Waals surface area contributed by atoms with E-state index in [1.165, 1.54) is 7.11 Å². The van der Waals surface area contributed by atoms with Crippen LogP contribution in [0.25, 0.3) is 11.0 Å². The Morgan fingerprint density at radius 3 is 2.64 bits per heavy atom. The summed E-state index contributed by atoms with van der Waals surface area (Å²) in [5, 5.41) is 0.797. The van der Waals surface area contributed by atoms with Gasteiger partial charge in [0.25, 0.3) is 5.91 Å². The van der Waals surface area contributed by atoms with Crippen LogP contribution in [0.5, 0.6) is 11.5 Å². The summed E-state index contributed by atoms with van der Waals surface area (Å²) in [6.07, 6.45) is 1.95. The van der Waals surface area contributed by atoms with Gasteiger partial charge in [0.1, 0.15) is 17.1 Å². The molecule has 7 heteroatoms. The van der Waals surface area contributed by atoms with Crippen LogP contribution in [0.3, 0.4) is 0 Å². The van der Waals surface area contributed by atoms with E-state index in [9.17, 15) is 9.59 Å². The van der Waals surface area contributed by atoms with Crippen LogP contribution in [-0.4, -0.2) is 19.6 Å². The molecule has 1 aliphatic rings. The number of nitrogens with zero attached hydrogens (tertiary/aromatic N) is 1. The number of amides is 1. The van der Waals surface area contributed by atoms with E-state index in [1.807, 2.05) is 37.3 Å². The molecule has 0 bridgehead atoms. The van der Waals surface area contributed by atoms with Gasteiger partial charge in [0.15, 0.2) is 5.43 Å². The molecule has 0 N–H and O–H groups in total. The third-order valence-corrected chi connectivity index (χ3v) is 6.68. The minimum atomic E-state index is -0.715. The van der Waals surface area contributed by atoms with E-state index >= 15 is 0 Å². The second-order valence-corrected chi connectivity index (χ2v) is 9.25. The number of fused-ring (bicyclic) bond motifs is 2. The second kappa shape index (κ2) is 9.70. The molecule has 1 amide bonds. The van der Waals surface area contributed by atoms with Crippen LogP contribution in [0.4, 0.5) is 5.69 Å². The normalized spacial score (nSPS) is 14.8. The molecule has 0 radical (unpaired) electrons. The first-order chi connectivity index (χ1) is 17.4. The number of rotatable bonds is 7. The number of benzene rings is 3. The number of unbranched alkanes of at least 4 members (excludes halogenated alkanes) is 1. The van der Waals surface area contributed by atoms with Crippen LogP contribution in [0.2, 0.25) is 5.02 Å². The fourth-order valence-corrected chi connectivity index (χ4v) is 4.83. The third kappa shape index (κ3) is 4.11. The molecular formula is C29H26ClNO5. The van der Waals surface area contributed by atoms with Gasteiger partial charge in [-0.2, -0.15) is 0 Å². The number of hydrogen-bond acceptors (Lipinski definition) is 5. The Bertz CT molecular complexity index is 1530. The highest BCUT2D eigenvalue weighted by Crippen LogP contribution is 2.43. The maximum absolute atomic E-state index is 13.8. The highest BCUT2D eigenvalue weighted by atomic mass is 35.5. The minimum absolute atomic E-state index is 0.0330. The summed E-state index contributed by atoms with van der Waals surface area (Å²) in [6.45, 7) is 4.60. The molecule has 0 fully saturated rings. The van der Waals surface area contributed by atoms with Gasteiger partial charge < -0.3 is 13.9 Å². The summed E-state index contributed by atoms with van der Waals surface area (Å²) in [5.41, 5.74) is 2.65. The van der Waals surface area contributed by atoms with Gasteiger partial charge in [-0.3, -0.25) is 14.5 Å². The molecular weight excluding hydrogens is 478 g/mol. The van der Waals surface area contributed by atoms with E-state index in [0.29, 0.717) is 45.3 Å². The van der Waals surface area contributed by atoms with E-state index in [4.69, 9.17) is 25.5 Å². The average molecular weight is 504 g/mol. The summed E-state index contributed by atoms with van der Waals surface area (Å²) >= 11 is 6.42. The van der Waals surface area contributed by atoms with Crippen molar-refractivity contribution in [3.63, 3.8) is 0 Å². The molecule has 5 rings (SSSR count). The molecule has 2 heterocycles. The van der Waals surface area contributed by atoms with Crippen molar-refractivity contribution in [2.45, 2.75) is 32.7 Å². The fourth-order valence-electron chi connectivity index (χ4n) is 4.58. The molecule has 1 atom stereocenters. The smallest absolute Gasteiger partial charge is 0.295 e. The van der Waals surface area contributed by atoms with Crippen LogP contribution < -0.4 is 19.8 Å². The van der Waals surface area contributed by atoms with Gasteiger partial charge in [-0.05, 0) is 61.4 Å².